The third-order valence-electron chi connectivity index (χ3n) is 4.89. The van der Waals surface area contributed by atoms with Crippen LogP contribution < -0.4 is 5.32 Å². The number of nitro groups is 1. The van der Waals surface area contributed by atoms with E-state index in [1.54, 1.807) is 12.1 Å². The van der Waals surface area contributed by atoms with E-state index in [1.807, 2.05) is 0 Å². The van der Waals surface area contributed by atoms with Crippen molar-refractivity contribution < 1.29 is 14.5 Å². The fraction of sp³-hybridized carbons (Fsp3) is 0.588. The molecule has 1 aromatic rings. The molecule has 1 aliphatic heterocycles. The zero-order chi connectivity index (χ0) is 17.8. The molecule has 1 saturated carbocycles. The summed E-state index contributed by atoms with van der Waals surface area (Å²) in [5, 5.41) is 14.1. The lowest BCUT2D eigenvalue weighted by molar-refractivity contribution is -0.384. The number of alkyl carbamates (subject to hydrolysis) is 1. The van der Waals surface area contributed by atoms with E-state index in [2.05, 4.69) is 22.8 Å². The second kappa shape index (κ2) is 8.05. The lowest BCUT2D eigenvalue weighted by atomic mass is 9.88. The molecule has 0 unspecified atom stereocenters. The Morgan fingerprint density at radius 2 is 2.04 bits per heavy atom. The monoisotopic (exact) mass is 365 g/mol. The van der Waals surface area contributed by atoms with Crippen molar-refractivity contribution in [2.75, 3.05) is 13.1 Å². The Labute approximate surface area is 152 Å². The summed E-state index contributed by atoms with van der Waals surface area (Å²) in [5.74, 6) is 0. The summed E-state index contributed by atoms with van der Waals surface area (Å²) in [6.45, 7) is 2.17. The molecular formula is C17H23N3O4S. The van der Waals surface area contributed by atoms with E-state index in [0.29, 0.717) is 11.3 Å². The Morgan fingerprint density at radius 3 is 2.68 bits per heavy atom. The van der Waals surface area contributed by atoms with E-state index in [9.17, 15) is 14.9 Å². The maximum Gasteiger partial charge on any atom is 0.407 e. The molecule has 136 valence electrons. The van der Waals surface area contributed by atoms with Gasteiger partial charge in [0.25, 0.3) is 5.69 Å². The van der Waals surface area contributed by atoms with Gasteiger partial charge >= 0.3 is 6.09 Å². The van der Waals surface area contributed by atoms with Gasteiger partial charge in [-0.15, -0.1) is 0 Å². The van der Waals surface area contributed by atoms with Crippen molar-refractivity contribution in [2.24, 2.45) is 0 Å². The number of nitro benzene ring substituents is 1. The number of carbonyl (C=O) groups excluding carboxylic acids is 1. The number of ether oxygens (including phenoxy) is 1. The van der Waals surface area contributed by atoms with E-state index in [4.69, 9.17) is 4.74 Å². The summed E-state index contributed by atoms with van der Waals surface area (Å²) in [7, 11) is 0. The third kappa shape index (κ3) is 4.85. The number of amides is 1. The first-order valence-electron chi connectivity index (χ1n) is 8.60. The Balaban J connectivity index is 1.42. The van der Waals surface area contributed by atoms with Crippen molar-refractivity contribution >= 4 is 24.4 Å². The minimum atomic E-state index is -0.453. The lowest BCUT2D eigenvalue weighted by Crippen LogP contribution is -2.56. The molecule has 0 aromatic heterocycles. The first-order chi connectivity index (χ1) is 12.0. The first-order valence-corrected chi connectivity index (χ1v) is 9.11. The maximum absolute atomic E-state index is 12.0. The second-order valence-electron chi connectivity index (χ2n) is 6.77. The highest BCUT2D eigenvalue weighted by Gasteiger charge is 2.33. The average molecular weight is 365 g/mol. The molecule has 2 aliphatic rings. The van der Waals surface area contributed by atoms with Crippen molar-refractivity contribution in [1.82, 2.24) is 10.2 Å². The highest BCUT2D eigenvalue weighted by molar-refractivity contribution is 7.81. The fourth-order valence-electron chi connectivity index (χ4n) is 3.48. The number of hydrogen-bond donors (Lipinski definition) is 2. The van der Waals surface area contributed by atoms with E-state index in [1.165, 1.54) is 18.6 Å². The van der Waals surface area contributed by atoms with Gasteiger partial charge in [0.2, 0.25) is 0 Å². The quantitative estimate of drug-likeness (QED) is 0.476. The van der Waals surface area contributed by atoms with Gasteiger partial charge in [-0.05, 0) is 43.4 Å². The Morgan fingerprint density at radius 1 is 1.32 bits per heavy atom. The average Bonchev–Trinajstić information content (AvgIpc) is 2.58. The predicted octanol–water partition coefficient (Wildman–Crippen LogP) is 2.75. The standard InChI is InChI=1S/C17H23N3O4S/c21-17(24-11-12-4-6-14(7-5-12)20(22)23)18-13-2-1-3-15(8-13)19-9-16(25)10-19/h4-7,13,15-16,25H,1-3,8-11H2,(H,18,21)/t13-,15-/m1/s1. The minimum absolute atomic E-state index is 0.0240. The number of benzene rings is 1. The second-order valence-corrected chi connectivity index (χ2v) is 7.50. The zero-order valence-electron chi connectivity index (χ0n) is 14.0. The highest BCUT2D eigenvalue weighted by atomic mass is 32.1. The van der Waals surface area contributed by atoms with Crippen LogP contribution in [-0.2, 0) is 11.3 Å². The molecule has 0 radical (unpaired) electrons. The smallest absolute Gasteiger partial charge is 0.407 e. The van der Waals surface area contributed by atoms with Crippen molar-refractivity contribution in [3.8, 4) is 0 Å². The summed E-state index contributed by atoms with van der Waals surface area (Å²) in [6.07, 6.45) is 3.77. The number of thiol groups is 1. The molecule has 3 rings (SSSR count). The number of rotatable bonds is 5. The Hall–Kier alpha value is -1.80. The molecule has 8 heteroatoms. The van der Waals surface area contributed by atoms with Crippen molar-refractivity contribution in [1.29, 1.82) is 0 Å². The Bertz CT molecular complexity index is 619. The molecule has 1 heterocycles. The molecule has 0 spiro atoms. The van der Waals surface area contributed by atoms with Crippen LogP contribution >= 0.6 is 12.6 Å². The summed E-state index contributed by atoms with van der Waals surface area (Å²) in [5.41, 5.74) is 0.749. The number of nitrogens with zero attached hydrogens (tertiary/aromatic N) is 2. The maximum atomic E-state index is 12.0. The molecule has 1 N–H and O–H groups in total. The molecule has 7 nitrogen and oxygen atoms in total. The van der Waals surface area contributed by atoms with Crippen LogP contribution in [0.25, 0.3) is 0 Å². The highest BCUT2D eigenvalue weighted by Crippen LogP contribution is 2.28. The minimum Gasteiger partial charge on any atom is -0.445 e. The molecule has 2 atom stereocenters. The lowest BCUT2D eigenvalue weighted by Gasteiger charge is -2.45. The van der Waals surface area contributed by atoms with Crippen LogP contribution in [0.3, 0.4) is 0 Å². The SMILES string of the molecule is O=C(N[C@@H]1CCC[C@@H](N2CC(S)C2)C1)OCc1ccc([N+](=O)[O-])cc1. The van der Waals surface area contributed by atoms with Crippen LogP contribution in [0.4, 0.5) is 10.5 Å². The van der Waals surface area contributed by atoms with Crippen molar-refractivity contribution in [3.05, 3.63) is 39.9 Å². The fourth-order valence-corrected chi connectivity index (χ4v) is 3.90. The molecule has 2 fully saturated rings. The van der Waals surface area contributed by atoms with Gasteiger partial charge in [0.05, 0.1) is 4.92 Å². The number of hydrogen-bond acceptors (Lipinski definition) is 6. The van der Waals surface area contributed by atoms with E-state index >= 15 is 0 Å². The van der Waals surface area contributed by atoms with Gasteiger partial charge in [-0.3, -0.25) is 15.0 Å². The van der Waals surface area contributed by atoms with Gasteiger partial charge in [0, 0.05) is 42.6 Å². The molecule has 25 heavy (non-hydrogen) atoms. The third-order valence-corrected chi connectivity index (χ3v) is 5.22. The summed E-state index contributed by atoms with van der Waals surface area (Å²) in [6, 6.07) is 6.67. The van der Waals surface area contributed by atoms with Crippen LogP contribution in [0.15, 0.2) is 24.3 Å². The van der Waals surface area contributed by atoms with Crippen LogP contribution in [0, 0.1) is 10.1 Å². The first kappa shape index (κ1) is 18.0. The van der Waals surface area contributed by atoms with E-state index < -0.39 is 11.0 Å². The summed E-state index contributed by atoms with van der Waals surface area (Å²) >= 11 is 4.45. The van der Waals surface area contributed by atoms with Crippen molar-refractivity contribution in [3.63, 3.8) is 0 Å². The van der Waals surface area contributed by atoms with Crippen molar-refractivity contribution in [2.45, 2.75) is 49.6 Å². The van der Waals surface area contributed by atoms with Crippen LogP contribution in [0.2, 0.25) is 0 Å². The number of carbonyl (C=O) groups is 1. The van der Waals surface area contributed by atoms with Gasteiger partial charge in [-0.25, -0.2) is 4.79 Å². The van der Waals surface area contributed by atoms with Gasteiger partial charge < -0.3 is 10.1 Å². The predicted molar refractivity (Wildman–Crippen MR) is 96.8 cm³/mol. The van der Waals surface area contributed by atoms with Gasteiger partial charge in [0.1, 0.15) is 6.61 Å². The molecular weight excluding hydrogens is 342 g/mol. The van der Waals surface area contributed by atoms with Crippen LogP contribution in [0.1, 0.15) is 31.2 Å². The number of likely N-dealkylation sites (tertiary alicyclic amines) is 1. The van der Waals surface area contributed by atoms with Gasteiger partial charge in [0.15, 0.2) is 0 Å². The number of non-ortho nitro benzene ring substituents is 1. The molecule has 1 aromatic carbocycles. The topological polar surface area (TPSA) is 84.7 Å². The normalized spacial score (nSPS) is 24.4. The van der Waals surface area contributed by atoms with E-state index in [-0.39, 0.29) is 18.3 Å². The van der Waals surface area contributed by atoms with Crippen LogP contribution in [-0.4, -0.2) is 46.3 Å². The van der Waals surface area contributed by atoms with Crippen LogP contribution in [0.5, 0.6) is 0 Å². The summed E-state index contributed by atoms with van der Waals surface area (Å²) in [4.78, 5) is 24.6. The molecule has 1 amide bonds. The number of nitrogens with one attached hydrogen (secondary N) is 1. The zero-order valence-corrected chi connectivity index (χ0v) is 14.9. The van der Waals surface area contributed by atoms with Gasteiger partial charge in [-0.2, -0.15) is 12.6 Å². The molecule has 0 bridgehead atoms. The van der Waals surface area contributed by atoms with Gasteiger partial charge in [-0.1, -0.05) is 0 Å². The molecule has 1 aliphatic carbocycles. The molecule has 1 saturated heterocycles. The largest absolute Gasteiger partial charge is 0.445 e. The Kier molecular flexibility index (Phi) is 5.80. The van der Waals surface area contributed by atoms with E-state index in [0.717, 1.165) is 37.9 Å². The summed E-state index contributed by atoms with van der Waals surface area (Å²) < 4.78 is 5.24.